The highest BCUT2D eigenvalue weighted by Crippen LogP contribution is 2.41. The molecule has 1 aliphatic rings. The number of rotatable bonds is 3. The van der Waals surface area contributed by atoms with Crippen LogP contribution >= 0.6 is 15.9 Å². The molecule has 3 rings (SSSR count). The molecule has 0 saturated heterocycles. The van der Waals surface area contributed by atoms with Crippen molar-refractivity contribution in [2.75, 3.05) is 14.2 Å². The predicted octanol–water partition coefficient (Wildman–Crippen LogP) is 4.24. The number of benzene rings is 2. The Balaban J connectivity index is 1.93. The lowest BCUT2D eigenvalue weighted by molar-refractivity contribution is 0.154. The van der Waals surface area contributed by atoms with E-state index in [9.17, 15) is 0 Å². The van der Waals surface area contributed by atoms with E-state index in [-0.39, 0.29) is 6.10 Å². The SMILES string of the molecule is CNC1CC(c2ccc(OC)c(Br)c2)Oc2ccccc21. The van der Waals surface area contributed by atoms with Crippen LogP contribution in [-0.4, -0.2) is 14.2 Å². The van der Waals surface area contributed by atoms with E-state index in [2.05, 4.69) is 45.5 Å². The summed E-state index contributed by atoms with van der Waals surface area (Å²) >= 11 is 3.54. The molecule has 3 nitrogen and oxygen atoms in total. The van der Waals surface area contributed by atoms with Crippen LogP contribution in [0.15, 0.2) is 46.9 Å². The van der Waals surface area contributed by atoms with Crippen molar-refractivity contribution in [1.29, 1.82) is 0 Å². The first kappa shape index (κ1) is 14.4. The van der Waals surface area contributed by atoms with Crippen LogP contribution in [0.5, 0.6) is 11.5 Å². The number of para-hydroxylation sites is 1. The van der Waals surface area contributed by atoms with Gasteiger partial charge < -0.3 is 14.8 Å². The summed E-state index contributed by atoms with van der Waals surface area (Å²) < 4.78 is 12.4. The highest BCUT2D eigenvalue weighted by atomic mass is 79.9. The molecule has 1 aliphatic heterocycles. The lowest BCUT2D eigenvalue weighted by Gasteiger charge is -2.32. The predicted molar refractivity (Wildman–Crippen MR) is 86.9 cm³/mol. The molecule has 21 heavy (non-hydrogen) atoms. The molecule has 0 spiro atoms. The van der Waals surface area contributed by atoms with Gasteiger partial charge in [0.1, 0.15) is 17.6 Å². The Morgan fingerprint density at radius 1 is 1.24 bits per heavy atom. The number of methoxy groups -OCH3 is 1. The molecule has 0 aromatic heterocycles. The fourth-order valence-electron chi connectivity index (χ4n) is 2.78. The zero-order valence-corrected chi connectivity index (χ0v) is 13.7. The summed E-state index contributed by atoms with van der Waals surface area (Å²) in [4.78, 5) is 0. The molecule has 4 heteroatoms. The van der Waals surface area contributed by atoms with E-state index in [1.165, 1.54) is 5.56 Å². The summed E-state index contributed by atoms with van der Waals surface area (Å²) in [6, 6.07) is 14.6. The van der Waals surface area contributed by atoms with Gasteiger partial charge in [-0.2, -0.15) is 0 Å². The van der Waals surface area contributed by atoms with Gasteiger partial charge in [-0.05, 0) is 46.7 Å². The largest absolute Gasteiger partial charge is 0.496 e. The molecule has 0 bridgehead atoms. The molecule has 1 N–H and O–H groups in total. The second-order valence-electron chi connectivity index (χ2n) is 5.12. The summed E-state index contributed by atoms with van der Waals surface area (Å²) in [6.45, 7) is 0. The molecule has 110 valence electrons. The van der Waals surface area contributed by atoms with E-state index < -0.39 is 0 Å². The van der Waals surface area contributed by atoms with Crippen molar-refractivity contribution >= 4 is 15.9 Å². The zero-order chi connectivity index (χ0) is 14.8. The minimum absolute atomic E-state index is 0.0413. The Bertz CT molecular complexity index is 644. The minimum atomic E-state index is 0.0413. The van der Waals surface area contributed by atoms with Gasteiger partial charge in [0.05, 0.1) is 11.6 Å². The van der Waals surface area contributed by atoms with Crippen LogP contribution in [0.2, 0.25) is 0 Å². The Labute approximate surface area is 133 Å². The minimum Gasteiger partial charge on any atom is -0.496 e. The average molecular weight is 348 g/mol. The molecule has 0 fully saturated rings. The topological polar surface area (TPSA) is 30.5 Å². The maximum atomic E-state index is 6.18. The lowest BCUT2D eigenvalue weighted by atomic mass is 9.93. The van der Waals surface area contributed by atoms with E-state index in [4.69, 9.17) is 9.47 Å². The second kappa shape index (κ2) is 6.08. The number of hydrogen-bond acceptors (Lipinski definition) is 3. The third-order valence-electron chi connectivity index (χ3n) is 3.91. The molecule has 0 aliphatic carbocycles. The van der Waals surface area contributed by atoms with Gasteiger partial charge in [-0.1, -0.05) is 24.3 Å². The van der Waals surface area contributed by atoms with Crippen LogP contribution in [0, 0.1) is 0 Å². The number of fused-ring (bicyclic) bond motifs is 1. The maximum Gasteiger partial charge on any atom is 0.133 e. The second-order valence-corrected chi connectivity index (χ2v) is 5.97. The van der Waals surface area contributed by atoms with E-state index in [0.717, 1.165) is 28.0 Å². The number of ether oxygens (including phenoxy) is 2. The Kier molecular flexibility index (Phi) is 4.17. The summed E-state index contributed by atoms with van der Waals surface area (Å²) in [5, 5.41) is 3.38. The van der Waals surface area contributed by atoms with Crippen LogP contribution < -0.4 is 14.8 Å². The van der Waals surface area contributed by atoms with Gasteiger partial charge in [-0.15, -0.1) is 0 Å². The van der Waals surface area contributed by atoms with Crippen molar-refractivity contribution in [3.8, 4) is 11.5 Å². The van der Waals surface area contributed by atoms with Gasteiger partial charge in [-0.3, -0.25) is 0 Å². The van der Waals surface area contributed by atoms with E-state index >= 15 is 0 Å². The molecule has 2 aromatic carbocycles. The van der Waals surface area contributed by atoms with Crippen LogP contribution in [0.1, 0.15) is 29.7 Å². The van der Waals surface area contributed by atoms with Crippen molar-refractivity contribution in [3.05, 3.63) is 58.1 Å². The van der Waals surface area contributed by atoms with E-state index in [1.807, 2.05) is 25.2 Å². The van der Waals surface area contributed by atoms with Crippen molar-refractivity contribution in [2.45, 2.75) is 18.6 Å². The normalized spacial score (nSPS) is 20.5. The quantitative estimate of drug-likeness (QED) is 0.900. The van der Waals surface area contributed by atoms with Gasteiger partial charge in [-0.25, -0.2) is 0 Å². The Morgan fingerprint density at radius 3 is 2.76 bits per heavy atom. The summed E-state index contributed by atoms with van der Waals surface area (Å²) in [5.74, 6) is 1.79. The first-order valence-corrected chi connectivity index (χ1v) is 7.78. The molecule has 2 unspecified atom stereocenters. The van der Waals surface area contributed by atoms with Gasteiger partial charge >= 0.3 is 0 Å². The molecular formula is C17H18BrNO2. The molecule has 2 aromatic rings. The molecule has 2 atom stereocenters. The van der Waals surface area contributed by atoms with Crippen molar-refractivity contribution in [3.63, 3.8) is 0 Å². The van der Waals surface area contributed by atoms with Crippen molar-refractivity contribution < 1.29 is 9.47 Å². The highest BCUT2D eigenvalue weighted by Gasteiger charge is 2.28. The van der Waals surface area contributed by atoms with E-state index in [1.54, 1.807) is 7.11 Å². The number of nitrogens with one attached hydrogen (secondary N) is 1. The first-order valence-electron chi connectivity index (χ1n) is 6.99. The fourth-order valence-corrected chi connectivity index (χ4v) is 3.34. The Morgan fingerprint density at radius 2 is 2.05 bits per heavy atom. The molecular weight excluding hydrogens is 330 g/mol. The van der Waals surface area contributed by atoms with Crippen molar-refractivity contribution in [2.24, 2.45) is 0 Å². The summed E-state index contributed by atoms with van der Waals surface area (Å²) in [5.41, 5.74) is 2.38. The average Bonchev–Trinajstić information content (AvgIpc) is 2.53. The third kappa shape index (κ3) is 2.78. The molecule has 0 radical (unpaired) electrons. The van der Waals surface area contributed by atoms with Crippen LogP contribution in [0.4, 0.5) is 0 Å². The first-order chi connectivity index (χ1) is 10.2. The monoisotopic (exact) mass is 347 g/mol. The highest BCUT2D eigenvalue weighted by molar-refractivity contribution is 9.10. The summed E-state index contributed by atoms with van der Waals surface area (Å²) in [7, 11) is 3.66. The van der Waals surface area contributed by atoms with Crippen LogP contribution in [0.25, 0.3) is 0 Å². The van der Waals surface area contributed by atoms with E-state index in [0.29, 0.717) is 6.04 Å². The molecule has 0 amide bonds. The van der Waals surface area contributed by atoms with Crippen molar-refractivity contribution in [1.82, 2.24) is 5.32 Å². The van der Waals surface area contributed by atoms with Gasteiger partial charge in [0.15, 0.2) is 0 Å². The number of halogens is 1. The maximum absolute atomic E-state index is 6.18. The fraction of sp³-hybridized carbons (Fsp3) is 0.294. The number of hydrogen-bond donors (Lipinski definition) is 1. The summed E-state index contributed by atoms with van der Waals surface area (Å²) in [6.07, 6.45) is 0.950. The van der Waals surface area contributed by atoms with Gasteiger partial charge in [0, 0.05) is 18.0 Å². The lowest BCUT2D eigenvalue weighted by Crippen LogP contribution is -2.26. The third-order valence-corrected chi connectivity index (χ3v) is 4.53. The zero-order valence-electron chi connectivity index (χ0n) is 12.1. The standard InChI is InChI=1S/C17H18BrNO2/c1-19-14-10-17(21-15-6-4-3-5-12(14)15)11-7-8-16(20-2)13(18)9-11/h3-9,14,17,19H,10H2,1-2H3. The molecule has 0 saturated carbocycles. The smallest absolute Gasteiger partial charge is 0.133 e. The van der Waals surface area contributed by atoms with Crippen LogP contribution in [-0.2, 0) is 0 Å². The molecule has 1 heterocycles. The Hall–Kier alpha value is -1.52. The van der Waals surface area contributed by atoms with Crippen LogP contribution in [0.3, 0.4) is 0 Å². The van der Waals surface area contributed by atoms with Gasteiger partial charge in [0.2, 0.25) is 0 Å². The van der Waals surface area contributed by atoms with Gasteiger partial charge in [0.25, 0.3) is 0 Å².